The van der Waals surface area contributed by atoms with Gasteiger partial charge in [0, 0.05) is 31.1 Å². The third kappa shape index (κ3) is 6.77. The number of aliphatic hydroxyl groups is 1. The number of aliphatic hydroxyl groups excluding tert-OH is 1. The summed E-state index contributed by atoms with van der Waals surface area (Å²) in [5.41, 5.74) is -2.42. The molecule has 0 aliphatic heterocycles. The van der Waals surface area contributed by atoms with Gasteiger partial charge in [-0.1, -0.05) is 51.1 Å². The molecule has 14 heteroatoms. The second-order valence-corrected chi connectivity index (χ2v) is 23.1. The van der Waals surface area contributed by atoms with Crippen LogP contribution in [0.4, 0.5) is 10.5 Å². The summed E-state index contributed by atoms with van der Waals surface area (Å²) in [6, 6.07) is 11.9. The van der Waals surface area contributed by atoms with Gasteiger partial charge < -0.3 is 33.2 Å². The maximum atomic E-state index is 15.9. The summed E-state index contributed by atoms with van der Waals surface area (Å²) in [7, 11) is 4.25. The van der Waals surface area contributed by atoms with Crippen LogP contribution in [0, 0.1) is 17.3 Å². The van der Waals surface area contributed by atoms with Crippen LogP contribution in [0.5, 0.6) is 11.6 Å². The van der Waals surface area contributed by atoms with Crippen molar-refractivity contribution in [2.45, 2.75) is 96.4 Å². The summed E-state index contributed by atoms with van der Waals surface area (Å²) < 4.78 is 30.5. The Morgan fingerprint density at radius 1 is 0.982 bits per heavy atom. The Bertz CT molecular complexity index is 2050. The minimum absolute atomic E-state index is 0.00746. The molecular formula is C42H55N3O10Si. The van der Waals surface area contributed by atoms with E-state index < -0.39 is 78.0 Å². The van der Waals surface area contributed by atoms with Crippen molar-refractivity contribution >= 4 is 37.5 Å². The lowest BCUT2D eigenvalue weighted by atomic mass is 9.48. The first-order chi connectivity index (χ1) is 26.0. The Morgan fingerprint density at radius 2 is 1.64 bits per heavy atom. The Kier molecular flexibility index (Phi) is 10.5. The molecule has 3 aliphatic carbocycles. The average molecular weight is 790 g/mol. The molecule has 1 N–H and O–H groups in total. The van der Waals surface area contributed by atoms with Gasteiger partial charge in [0.15, 0.2) is 31.2 Å². The SMILES string of the molecule is CN(C)c1ccc(OC(=O)OC(C)(C)C)c2c1C[C@@]1(CO)C[C@H]3[C@H](N(C)C)c4onc(OCc5ccccc5)c4C(=O)[C@@]3(O[Si](C)(C)C(C)(C)C)C(=O)C1C2=O. The lowest BCUT2D eigenvalue weighted by Crippen LogP contribution is -2.73. The van der Waals surface area contributed by atoms with E-state index in [1.54, 1.807) is 26.8 Å². The van der Waals surface area contributed by atoms with Crippen LogP contribution in [0.15, 0.2) is 47.0 Å². The van der Waals surface area contributed by atoms with Gasteiger partial charge in [0.05, 0.1) is 24.1 Å². The molecular weight excluding hydrogens is 735 g/mol. The first-order valence-electron chi connectivity index (χ1n) is 19.0. The van der Waals surface area contributed by atoms with E-state index in [1.807, 2.05) is 102 Å². The Hall–Kier alpha value is -4.37. The largest absolute Gasteiger partial charge is 0.514 e. The maximum absolute atomic E-state index is 15.9. The number of fused-ring (bicyclic) bond motifs is 4. The van der Waals surface area contributed by atoms with Gasteiger partial charge in [-0.25, -0.2) is 4.79 Å². The summed E-state index contributed by atoms with van der Waals surface area (Å²) in [6.07, 6.45) is -0.912. The highest BCUT2D eigenvalue weighted by Crippen LogP contribution is 2.62. The van der Waals surface area contributed by atoms with E-state index in [-0.39, 0.29) is 48.0 Å². The van der Waals surface area contributed by atoms with Crippen molar-refractivity contribution in [3.8, 4) is 11.6 Å². The molecule has 302 valence electrons. The third-order valence-corrected chi connectivity index (χ3v) is 16.4. The highest BCUT2D eigenvalue weighted by molar-refractivity contribution is 6.74. The fraction of sp³-hybridized carbons (Fsp3) is 0.548. The summed E-state index contributed by atoms with van der Waals surface area (Å²) in [5.74, 6) is -4.48. The average Bonchev–Trinajstić information content (AvgIpc) is 3.50. The lowest BCUT2D eigenvalue weighted by molar-refractivity contribution is -0.162. The van der Waals surface area contributed by atoms with E-state index in [2.05, 4.69) is 5.16 Å². The number of carbonyl (C=O) groups excluding carboxylic acids is 4. The number of ketones is 3. The number of carbonyl (C=O) groups is 4. The van der Waals surface area contributed by atoms with Crippen LogP contribution < -0.4 is 14.4 Å². The molecule has 2 aromatic carbocycles. The molecule has 1 heterocycles. The van der Waals surface area contributed by atoms with Crippen LogP contribution in [0.3, 0.4) is 0 Å². The molecule has 0 bridgehead atoms. The van der Waals surface area contributed by atoms with Gasteiger partial charge in [-0.15, -0.1) is 0 Å². The van der Waals surface area contributed by atoms with Crippen LogP contribution in [0.2, 0.25) is 18.1 Å². The van der Waals surface area contributed by atoms with Crippen molar-refractivity contribution in [3.63, 3.8) is 0 Å². The van der Waals surface area contributed by atoms with Crippen LogP contribution >= 0.6 is 0 Å². The quantitative estimate of drug-likeness (QED) is 0.104. The number of Topliss-reactive ketones (excluding diaryl/α,β-unsaturated/α-hetero) is 3. The number of nitrogens with zero attached hydrogens (tertiary/aromatic N) is 3. The molecule has 1 fully saturated rings. The van der Waals surface area contributed by atoms with Crippen molar-refractivity contribution in [2.75, 3.05) is 39.7 Å². The van der Waals surface area contributed by atoms with Crippen molar-refractivity contribution < 1.29 is 47.4 Å². The van der Waals surface area contributed by atoms with E-state index >= 15 is 14.4 Å². The van der Waals surface area contributed by atoms with Crippen LogP contribution in [-0.2, 0) is 27.0 Å². The van der Waals surface area contributed by atoms with E-state index in [0.29, 0.717) is 11.3 Å². The predicted octanol–water partition coefficient (Wildman–Crippen LogP) is 6.82. The number of hydrogen-bond acceptors (Lipinski definition) is 13. The summed E-state index contributed by atoms with van der Waals surface area (Å²) in [5, 5.41) is 15.3. The monoisotopic (exact) mass is 789 g/mol. The Balaban J connectivity index is 1.58. The van der Waals surface area contributed by atoms with Crippen molar-refractivity contribution in [1.29, 1.82) is 0 Å². The zero-order valence-corrected chi connectivity index (χ0v) is 35.6. The minimum atomic E-state index is -3.03. The van der Waals surface area contributed by atoms with Crippen molar-refractivity contribution in [1.82, 2.24) is 10.1 Å². The Morgan fingerprint density at radius 3 is 2.21 bits per heavy atom. The molecule has 56 heavy (non-hydrogen) atoms. The standard InChI is InChI=1S/C42H55N3O10Si/c1-39(2,3)53-38(50)52-28-19-18-27(44(7)8)25-20-41(23-46)21-26-32(45(9)10)34-30(37(43-54-34)51-22-24-16-14-13-15-17-24)35(48)42(26,55-56(11,12)40(4,5)6)36(49)31(41)33(47)29(25)28/h13-19,26,31-32,46H,20-23H2,1-12H3/t26-,31?,32-,41-,42+/m0/s1. The van der Waals surface area contributed by atoms with Crippen molar-refractivity contribution in [3.05, 3.63) is 70.5 Å². The maximum Gasteiger partial charge on any atom is 0.514 e. The number of rotatable bonds is 9. The van der Waals surface area contributed by atoms with E-state index in [9.17, 15) is 9.90 Å². The molecule has 13 nitrogen and oxygen atoms in total. The number of aromatic nitrogens is 1. The van der Waals surface area contributed by atoms with E-state index in [1.165, 1.54) is 6.07 Å². The number of ether oxygens (including phenoxy) is 3. The van der Waals surface area contributed by atoms with Gasteiger partial charge in [0.1, 0.15) is 23.5 Å². The number of hydrogen-bond donors (Lipinski definition) is 1. The second-order valence-electron chi connectivity index (χ2n) is 18.4. The highest BCUT2D eigenvalue weighted by atomic mass is 28.4. The van der Waals surface area contributed by atoms with Gasteiger partial charge in [0.25, 0.3) is 5.88 Å². The summed E-state index contributed by atoms with van der Waals surface area (Å²) in [4.78, 5) is 63.5. The molecule has 0 saturated heterocycles. The van der Waals surface area contributed by atoms with Crippen molar-refractivity contribution in [2.24, 2.45) is 17.3 Å². The highest BCUT2D eigenvalue weighted by Gasteiger charge is 2.73. The normalized spacial score (nSPS) is 24.9. The van der Waals surface area contributed by atoms with Gasteiger partial charge in [-0.2, -0.15) is 0 Å². The molecule has 1 unspecified atom stereocenters. The molecule has 3 aliphatic rings. The van der Waals surface area contributed by atoms with Crippen LogP contribution in [-0.4, -0.2) is 93.0 Å². The number of benzene rings is 2. The topological polar surface area (TPSA) is 158 Å². The zero-order chi connectivity index (χ0) is 41.3. The Labute approximate surface area is 329 Å². The lowest BCUT2D eigenvalue weighted by Gasteiger charge is -2.59. The number of anilines is 1. The van der Waals surface area contributed by atoms with Gasteiger partial charge in [-0.05, 0) is 94.3 Å². The molecule has 6 rings (SSSR count). The summed E-state index contributed by atoms with van der Waals surface area (Å²) >= 11 is 0. The van der Waals surface area contributed by atoms with E-state index in [4.69, 9.17) is 23.2 Å². The van der Waals surface area contributed by atoms with Crippen LogP contribution in [0.25, 0.3) is 0 Å². The molecule has 0 amide bonds. The van der Waals surface area contributed by atoms with Gasteiger partial charge in [-0.3, -0.25) is 19.3 Å². The van der Waals surface area contributed by atoms with Crippen LogP contribution in [0.1, 0.15) is 91.6 Å². The first kappa shape index (κ1) is 41.3. The predicted molar refractivity (Wildman–Crippen MR) is 211 cm³/mol. The fourth-order valence-electron chi connectivity index (χ4n) is 8.41. The van der Waals surface area contributed by atoms with Gasteiger partial charge in [0.2, 0.25) is 5.78 Å². The molecule has 5 atom stereocenters. The molecule has 0 spiro atoms. The minimum Gasteiger partial charge on any atom is -0.470 e. The second kappa shape index (κ2) is 14.2. The smallest absolute Gasteiger partial charge is 0.470 e. The summed E-state index contributed by atoms with van der Waals surface area (Å²) in [6.45, 7) is 14.6. The first-order valence-corrected chi connectivity index (χ1v) is 21.9. The molecule has 0 radical (unpaired) electrons. The fourth-order valence-corrected chi connectivity index (χ4v) is 9.87. The van der Waals surface area contributed by atoms with Gasteiger partial charge >= 0.3 is 6.16 Å². The zero-order valence-electron chi connectivity index (χ0n) is 34.6. The van der Waals surface area contributed by atoms with E-state index in [0.717, 1.165) is 5.56 Å². The molecule has 3 aromatic rings. The third-order valence-electron chi connectivity index (χ3n) is 12.0. The molecule has 1 saturated carbocycles. The molecule has 1 aromatic heterocycles.